The largest absolute Gasteiger partial charge is 0.472 e. The third-order valence-corrected chi connectivity index (χ3v) is 7.95. The van der Waals surface area contributed by atoms with Crippen molar-refractivity contribution in [2.75, 3.05) is 13.2 Å². The van der Waals surface area contributed by atoms with Crippen molar-refractivity contribution < 1.29 is 24.5 Å². The second kappa shape index (κ2) is 5.81. The number of rotatable bonds is 4. The van der Waals surface area contributed by atoms with Crippen LogP contribution in [0.2, 0.25) is 0 Å². The van der Waals surface area contributed by atoms with Gasteiger partial charge in [-0.15, -0.1) is 0 Å². The second-order valence-electron chi connectivity index (χ2n) is 8.86. The lowest BCUT2D eigenvalue weighted by Gasteiger charge is -2.62. The van der Waals surface area contributed by atoms with Gasteiger partial charge in [0.25, 0.3) is 0 Å². The fourth-order valence-corrected chi connectivity index (χ4v) is 6.21. The fraction of sp³-hybridized carbons (Fsp3) is 0.800. The highest BCUT2D eigenvalue weighted by atomic mass is 16.6. The summed E-state index contributed by atoms with van der Waals surface area (Å²) in [6, 6.07) is 1.81. The number of hydrogen-bond donors (Lipinski definition) is 3. The van der Waals surface area contributed by atoms with Crippen molar-refractivity contribution in [3.05, 3.63) is 24.2 Å². The monoisotopic (exact) mass is 350 g/mol. The third kappa shape index (κ3) is 2.29. The molecule has 0 bridgehead atoms. The van der Waals surface area contributed by atoms with E-state index in [2.05, 4.69) is 13.8 Å². The van der Waals surface area contributed by atoms with Gasteiger partial charge in [-0.25, -0.2) is 0 Å². The second-order valence-corrected chi connectivity index (χ2v) is 8.86. The van der Waals surface area contributed by atoms with E-state index in [0.717, 1.165) is 24.8 Å². The number of fused-ring (bicyclic) bond motifs is 2. The lowest BCUT2D eigenvalue weighted by atomic mass is 9.43. The van der Waals surface area contributed by atoms with E-state index in [1.807, 2.05) is 6.07 Å². The van der Waals surface area contributed by atoms with Crippen molar-refractivity contribution >= 4 is 0 Å². The molecular weight excluding hydrogens is 320 g/mol. The normalized spacial score (nSPS) is 47.5. The molecule has 0 aromatic carbocycles. The molecule has 2 saturated carbocycles. The van der Waals surface area contributed by atoms with Crippen LogP contribution in [-0.2, 0) is 4.74 Å². The first-order valence-corrected chi connectivity index (χ1v) is 9.53. The highest BCUT2D eigenvalue weighted by molar-refractivity contribution is 5.21. The van der Waals surface area contributed by atoms with Crippen LogP contribution >= 0.6 is 0 Å². The average molecular weight is 350 g/mol. The van der Waals surface area contributed by atoms with Gasteiger partial charge in [0, 0.05) is 5.56 Å². The molecule has 3 N–H and O–H groups in total. The van der Waals surface area contributed by atoms with E-state index in [0.29, 0.717) is 19.4 Å². The van der Waals surface area contributed by atoms with E-state index < -0.39 is 17.6 Å². The van der Waals surface area contributed by atoms with Gasteiger partial charge in [-0.3, -0.25) is 0 Å². The topological polar surface area (TPSA) is 86.4 Å². The summed E-state index contributed by atoms with van der Waals surface area (Å²) < 4.78 is 11.0. The van der Waals surface area contributed by atoms with Crippen molar-refractivity contribution in [2.24, 2.45) is 22.7 Å². The van der Waals surface area contributed by atoms with Gasteiger partial charge in [0.05, 0.1) is 43.4 Å². The smallest absolute Gasteiger partial charge is 0.102 e. The van der Waals surface area contributed by atoms with Gasteiger partial charge in [-0.1, -0.05) is 20.3 Å². The van der Waals surface area contributed by atoms with Crippen molar-refractivity contribution in [1.29, 1.82) is 0 Å². The molecule has 3 aliphatic rings. The molecule has 5 nitrogen and oxygen atoms in total. The Morgan fingerprint density at radius 3 is 2.76 bits per heavy atom. The number of epoxide rings is 1. The summed E-state index contributed by atoms with van der Waals surface area (Å²) in [7, 11) is 0. The minimum atomic E-state index is -0.609. The summed E-state index contributed by atoms with van der Waals surface area (Å²) in [5.41, 5.74) is -0.366. The Bertz CT molecular complexity index is 610. The summed E-state index contributed by atoms with van der Waals surface area (Å²) in [5.74, 6) is 0.379. The van der Waals surface area contributed by atoms with E-state index in [-0.39, 0.29) is 29.5 Å². The lowest BCUT2D eigenvalue weighted by Crippen LogP contribution is -2.66. The highest BCUT2D eigenvalue weighted by Crippen LogP contribution is 2.68. The molecule has 5 heteroatoms. The van der Waals surface area contributed by atoms with Crippen molar-refractivity contribution in [1.82, 2.24) is 0 Å². The van der Waals surface area contributed by atoms with Gasteiger partial charge >= 0.3 is 0 Å². The van der Waals surface area contributed by atoms with E-state index in [1.165, 1.54) is 0 Å². The Hall–Kier alpha value is -0.880. The molecule has 3 fully saturated rings. The number of ether oxygens (including phenoxy) is 1. The number of hydrogen-bond acceptors (Lipinski definition) is 5. The van der Waals surface area contributed by atoms with Crippen LogP contribution in [0, 0.1) is 22.7 Å². The molecule has 1 aromatic heterocycles. The lowest BCUT2D eigenvalue weighted by molar-refractivity contribution is -0.216. The molecule has 140 valence electrons. The Balaban J connectivity index is 1.71. The van der Waals surface area contributed by atoms with Gasteiger partial charge in [0.2, 0.25) is 0 Å². The number of aliphatic hydroxyl groups excluding tert-OH is 3. The van der Waals surface area contributed by atoms with Gasteiger partial charge < -0.3 is 24.5 Å². The fourth-order valence-electron chi connectivity index (χ4n) is 6.21. The third-order valence-electron chi connectivity index (χ3n) is 7.95. The first kappa shape index (κ1) is 17.5. The minimum Gasteiger partial charge on any atom is -0.472 e. The van der Waals surface area contributed by atoms with Crippen molar-refractivity contribution in [3.63, 3.8) is 0 Å². The van der Waals surface area contributed by atoms with Crippen LogP contribution in [0.3, 0.4) is 0 Å². The van der Waals surface area contributed by atoms with Crippen molar-refractivity contribution in [3.8, 4) is 0 Å². The summed E-state index contributed by atoms with van der Waals surface area (Å²) in [5, 5.41) is 32.3. The molecule has 7 atom stereocenters. The first-order chi connectivity index (χ1) is 11.9. The van der Waals surface area contributed by atoms with Crippen LogP contribution in [0.15, 0.2) is 23.0 Å². The quantitative estimate of drug-likeness (QED) is 0.727. The summed E-state index contributed by atoms with van der Waals surface area (Å²) in [6.07, 6.45) is 6.18. The summed E-state index contributed by atoms with van der Waals surface area (Å²) >= 11 is 0. The maximum Gasteiger partial charge on any atom is 0.102 e. The Labute approximate surface area is 149 Å². The Morgan fingerprint density at radius 2 is 2.16 bits per heavy atom. The van der Waals surface area contributed by atoms with Gasteiger partial charge in [-0.2, -0.15) is 0 Å². The Morgan fingerprint density at radius 1 is 1.40 bits per heavy atom. The predicted octanol–water partition coefficient (Wildman–Crippen LogP) is 2.66. The van der Waals surface area contributed by atoms with Crippen LogP contribution in [0.25, 0.3) is 0 Å². The summed E-state index contributed by atoms with van der Waals surface area (Å²) in [6.45, 7) is 4.98. The number of aliphatic hydroxyl groups is 3. The molecule has 1 aromatic rings. The molecule has 2 heterocycles. The van der Waals surface area contributed by atoms with Crippen molar-refractivity contribution in [2.45, 2.75) is 63.8 Å². The molecule has 0 unspecified atom stereocenters. The van der Waals surface area contributed by atoms with Crippen LogP contribution in [0.1, 0.15) is 57.6 Å². The molecule has 0 radical (unpaired) electrons. The maximum atomic E-state index is 11.0. The van der Waals surface area contributed by atoms with Crippen LogP contribution in [0.5, 0.6) is 0 Å². The first-order valence-electron chi connectivity index (χ1n) is 9.53. The van der Waals surface area contributed by atoms with E-state index >= 15 is 0 Å². The molecule has 2 aliphatic carbocycles. The Kier molecular flexibility index (Phi) is 4.07. The standard InChI is InChI=1S/C20H30O5/c1-13-8-17(23)20(11-21)16(4-3-6-19(20)12-25-19)18(13,2)9-15(22)14-5-7-24-10-14/h5,7,10,13,15-17,21-23H,3-4,6,8-9,11-12H2,1-2H3/t13-,15+,16-,17+,18-,19+,20+/m1/s1. The highest BCUT2D eigenvalue weighted by Gasteiger charge is 2.73. The van der Waals surface area contributed by atoms with Gasteiger partial charge in [0.1, 0.15) is 5.60 Å². The molecule has 25 heavy (non-hydrogen) atoms. The van der Waals surface area contributed by atoms with Crippen LogP contribution in [0.4, 0.5) is 0 Å². The summed E-state index contributed by atoms with van der Waals surface area (Å²) in [4.78, 5) is 0. The zero-order chi connectivity index (χ0) is 17.9. The molecule has 4 rings (SSSR count). The van der Waals surface area contributed by atoms with E-state index in [4.69, 9.17) is 9.15 Å². The van der Waals surface area contributed by atoms with Gasteiger partial charge in [0.15, 0.2) is 0 Å². The SMILES string of the molecule is C[C@@H]1C[C@H](O)[C@]2(CO)[C@H](CCC[C@]23CO3)[C@]1(C)C[C@H](O)c1ccoc1. The van der Waals surface area contributed by atoms with E-state index in [1.54, 1.807) is 12.5 Å². The zero-order valence-corrected chi connectivity index (χ0v) is 15.1. The predicted molar refractivity (Wildman–Crippen MR) is 91.7 cm³/mol. The minimum absolute atomic E-state index is 0.0526. The average Bonchev–Trinajstić information content (AvgIpc) is 3.13. The van der Waals surface area contributed by atoms with Crippen LogP contribution < -0.4 is 0 Å². The molecular formula is C20H30O5. The van der Waals surface area contributed by atoms with Crippen LogP contribution in [-0.4, -0.2) is 40.2 Å². The molecule has 0 amide bonds. The van der Waals surface area contributed by atoms with Gasteiger partial charge in [-0.05, 0) is 49.0 Å². The maximum absolute atomic E-state index is 11.0. The molecule has 1 aliphatic heterocycles. The zero-order valence-electron chi connectivity index (χ0n) is 15.1. The number of furan rings is 1. The molecule has 1 saturated heterocycles. The molecule has 1 spiro atoms. The van der Waals surface area contributed by atoms with E-state index in [9.17, 15) is 15.3 Å².